The van der Waals surface area contributed by atoms with Crippen molar-refractivity contribution < 1.29 is 9.90 Å². The Labute approximate surface area is 127 Å². The van der Waals surface area contributed by atoms with Crippen LogP contribution in [0.25, 0.3) is 10.9 Å². The van der Waals surface area contributed by atoms with Crippen molar-refractivity contribution in [2.75, 3.05) is 0 Å². The molecule has 0 spiro atoms. The monoisotopic (exact) mass is 293 g/mol. The van der Waals surface area contributed by atoms with Gasteiger partial charge in [-0.15, -0.1) is 0 Å². The maximum absolute atomic E-state index is 12.2. The van der Waals surface area contributed by atoms with E-state index in [9.17, 15) is 14.7 Å². The third-order valence-electron chi connectivity index (χ3n) is 3.76. The highest BCUT2D eigenvalue weighted by atomic mass is 16.4. The van der Waals surface area contributed by atoms with Gasteiger partial charge in [0, 0.05) is 12.6 Å². The Hall–Kier alpha value is -2.88. The average Bonchev–Trinajstić information content (AvgIpc) is 2.54. The summed E-state index contributed by atoms with van der Waals surface area (Å²) < 4.78 is 1.53. The second kappa shape index (κ2) is 5.85. The Morgan fingerprint density at radius 2 is 1.64 bits per heavy atom. The summed E-state index contributed by atoms with van der Waals surface area (Å²) in [7, 11) is 0. The van der Waals surface area contributed by atoms with Gasteiger partial charge in [-0.25, -0.2) is 0 Å². The van der Waals surface area contributed by atoms with Gasteiger partial charge in [-0.1, -0.05) is 48.5 Å². The summed E-state index contributed by atoms with van der Waals surface area (Å²) >= 11 is 0. The number of benzene rings is 2. The maximum Gasteiger partial charge on any atom is 0.312 e. The van der Waals surface area contributed by atoms with Crippen LogP contribution in [0.2, 0.25) is 0 Å². The topological polar surface area (TPSA) is 59.3 Å². The lowest BCUT2D eigenvalue weighted by Gasteiger charge is -2.16. The van der Waals surface area contributed by atoms with Crippen LogP contribution in [0.3, 0.4) is 0 Å². The zero-order chi connectivity index (χ0) is 15.5. The largest absolute Gasteiger partial charge is 0.481 e. The molecule has 4 nitrogen and oxygen atoms in total. The zero-order valence-electron chi connectivity index (χ0n) is 11.8. The first kappa shape index (κ1) is 14.1. The highest BCUT2D eigenvalue weighted by Gasteiger charge is 2.21. The Balaban J connectivity index is 2.10. The van der Waals surface area contributed by atoms with Gasteiger partial charge in [-0.2, -0.15) is 0 Å². The summed E-state index contributed by atoms with van der Waals surface area (Å²) in [6, 6.07) is 19.7. The molecule has 1 aromatic heterocycles. The van der Waals surface area contributed by atoms with Gasteiger partial charge in [0.2, 0.25) is 0 Å². The highest BCUT2D eigenvalue weighted by molar-refractivity contribution is 5.80. The van der Waals surface area contributed by atoms with Crippen LogP contribution in [0.4, 0.5) is 0 Å². The van der Waals surface area contributed by atoms with Crippen molar-refractivity contribution >= 4 is 16.9 Å². The summed E-state index contributed by atoms with van der Waals surface area (Å²) in [4.78, 5) is 23.8. The molecule has 0 amide bonds. The molecule has 110 valence electrons. The average molecular weight is 293 g/mol. The number of carbonyl (C=O) groups is 1. The third-order valence-corrected chi connectivity index (χ3v) is 3.76. The number of fused-ring (bicyclic) bond motifs is 1. The van der Waals surface area contributed by atoms with E-state index in [4.69, 9.17) is 0 Å². The first-order chi connectivity index (χ1) is 10.7. The summed E-state index contributed by atoms with van der Waals surface area (Å²) in [6.45, 7) is 0.111. The van der Waals surface area contributed by atoms with Crippen molar-refractivity contribution in [3.63, 3.8) is 0 Å². The summed E-state index contributed by atoms with van der Waals surface area (Å²) in [5, 5.41) is 10.5. The molecule has 0 aliphatic carbocycles. The fraction of sp³-hybridized carbons (Fsp3) is 0.111. The van der Waals surface area contributed by atoms with Gasteiger partial charge < -0.3 is 9.67 Å². The van der Waals surface area contributed by atoms with E-state index in [1.165, 1.54) is 10.6 Å². The number of carboxylic acid groups (broad SMARTS) is 1. The molecular weight excluding hydrogens is 278 g/mol. The van der Waals surface area contributed by atoms with Crippen LogP contribution in [0.5, 0.6) is 0 Å². The molecule has 1 unspecified atom stereocenters. The molecule has 3 aromatic rings. The van der Waals surface area contributed by atoms with Crippen molar-refractivity contribution in [2.24, 2.45) is 0 Å². The van der Waals surface area contributed by atoms with Crippen LogP contribution in [0.1, 0.15) is 11.5 Å². The fourth-order valence-corrected chi connectivity index (χ4v) is 2.63. The lowest BCUT2D eigenvalue weighted by Crippen LogP contribution is -2.26. The number of pyridine rings is 1. The normalized spacial score (nSPS) is 12.2. The van der Waals surface area contributed by atoms with Crippen molar-refractivity contribution in [3.05, 3.63) is 82.6 Å². The molecule has 4 heteroatoms. The molecule has 0 radical (unpaired) electrons. The number of rotatable bonds is 4. The quantitative estimate of drug-likeness (QED) is 0.804. The van der Waals surface area contributed by atoms with Crippen molar-refractivity contribution in [1.82, 2.24) is 4.57 Å². The molecule has 0 fully saturated rings. The van der Waals surface area contributed by atoms with E-state index in [0.29, 0.717) is 5.56 Å². The van der Waals surface area contributed by atoms with E-state index in [0.717, 1.165) is 10.9 Å². The molecule has 0 aliphatic rings. The second-order valence-corrected chi connectivity index (χ2v) is 5.14. The van der Waals surface area contributed by atoms with Gasteiger partial charge in [0.05, 0.1) is 11.4 Å². The Bertz CT molecular complexity index is 868. The van der Waals surface area contributed by atoms with E-state index in [2.05, 4.69) is 0 Å². The molecule has 0 aliphatic heterocycles. The molecule has 3 rings (SSSR count). The molecular formula is C18H15NO3. The highest BCUT2D eigenvalue weighted by Crippen LogP contribution is 2.20. The minimum atomic E-state index is -0.939. The van der Waals surface area contributed by atoms with Crippen LogP contribution in [0, 0.1) is 0 Å². The number of para-hydroxylation sites is 1. The predicted octanol–water partition coefficient (Wildman–Crippen LogP) is 2.87. The molecule has 1 atom stereocenters. The van der Waals surface area contributed by atoms with Crippen LogP contribution in [0.15, 0.2) is 71.5 Å². The SMILES string of the molecule is O=C(O)C(Cn1c(=O)ccc2ccccc21)c1ccccc1. The summed E-state index contributed by atoms with van der Waals surface area (Å²) in [5.41, 5.74) is 1.24. The number of hydrogen-bond acceptors (Lipinski definition) is 2. The summed E-state index contributed by atoms with van der Waals surface area (Å²) in [6.07, 6.45) is 0. The number of nitrogens with zero attached hydrogens (tertiary/aromatic N) is 1. The van der Waals surface area contributed by atoms with Crippen LogP contribution in [-0.2, 0) is 11.3 Å². The van der Waals surface area contributed by atoms with Crippen molar-refractivity contribution in [1.29, 1.82) is 0 Å². The molecule has 1 N–H and O–H groups in total. The summed E-state index contributed by atoms with van der Waals surface area (Å²) in [5.74, 6) is -1.70. The standard InChI is InChI=1S/C18H15NO3/c20-17-11-10-14-8-4-5-9-16(14)19(17)12-15(18(21)22)13-6-2-1-3-7-13/h1-11,15H,12H2,(H,21,22). The van der Waals surface area contributed by atoms with E-state index < -0.39 is 11.9 Å². The number of carboxylic acids is 1. The first-order valence-electron chi connectivity index (χ1n) is 7.03. The number of aliphatic carboxylic acids is 1. The van der Waals surface area contributed by atoms with Crippen LogP contribution < -0.4 is 5.56 Å². The third kappa shape index (κ3) is 2.63. The van der Waals surface area contributed by atoms with Crippen LogP contribution >= 0.6 is 0 Å². The first-order valence-corrected chi connectivity index (χ1v) is 7.03. The molecule has 0 bridgehead atoms. The Morgan fingerprint density at radius 1 is 0.955 bits per heavy atom. The molecule has 2 aromatic carbocycles. The Kier molecular flexibility index (Phi) is 3.74. The number of hydrogen-bond donors (Lipinski definition) is 1. The minimum absolute atomic E-state index is 0.111. The van der Waals surface area contributed by atoms with Gasteiger partial charge in [-0.3, -0.25) is 9.59 Å². The maximum atomic E-state index is 12.2. The number of aromatic nitrogens is 1. The van der Waals surface area contributed by atoms with Crippen molar-refractivity contribution in [2.45, 2.75) is 12.5 Å². The van der Waals surface area contributed by atoms with E-state index in [1.54, 1.807) is 30.3 Å². The molecule has 1 heterocycles. The van der Waals surface area contributed by atoms with Gasteiger partial charge >= 0.3 is 5.97 Å². The predicted molar refractivity (Wildman–Crippen MR) is 85.0 cm³/mol. The molecule has 22 heavy (non-hydrogen) atoms. The minimum Gasteiger partial charge on any atom is -0.481 e. The van der Waals surface area contributed by atoms with E-state index in [1.807, 2.05) is 30.3 Å². The van der Waals surface area contributed by atoms with Gasteiger partial charge in [0.15, 0.2) is 0 Å². The van der Waals surface area contributed by atoms with E-state index >= 15 is 0 Å². The smallest absolute Gasteiger partial charge is 0.312 e. The molecule has 0 saturated heterocycles. The zero-order valence-corrected chi connectivity index (χ0v) is 11.8. The Morgan fingerprint density at radius 3 is 2.36 bits per heavy atom. The fourth-order valence-electron chi connectivity index (χ4n) is 2.63. The van der Waals surface area contributed by atoms with Gasteiger partial charge in [0.1, 0.15) is 0 Å². The van der Waals surface area contributed by atoms with Crippen LogP contribution in [-0.4, -0.2) is 15.6 Å². The van der Waals surface area contributed by atoms with Gasteiger partial charge in [-0.05, 0) is 23.1 Å². The van der Waals surface area contributed by atoms with Crippen molar-refractivity contribution in [3.8, 4) is 0 Å². The lowest BCUT2D eigenvalue weighted by atomic mass is 9.99. The second-order valence-electron chi connectivity index (χ2n) is 5.14. The molecule has 0 saturated carbocycles. The van der Waals surface area contributed by atoms with E-state index in [-0.39, 0.29) is 12.1 Å². The lowest BCUT2D eigenvalue weighted by molar-refractivity contribution is -0.139. The van der Waals surface area contributed by atoms with Gasteiger partial charge in [0.25, 0.3) is 5.56 Å².